The van der Waals surface area contributed by atoms with Crippen LogP contribution in [-0.2, 0) is 31.3 Å². The molecule has 0 spiro atoms. The minimum Gasteiger partial charge on any atom is -0.116 e. The highest BCUT2D eigenvalue weighted by Crippen LogP contribution is 2.51. The summed E-state index contributed by atoms with van der Waals surface area (Å²) in [6.45, 7) is 13.9. The first kappa shape index (κ1) is 43.0. The summed E-state index contributed by atoms with van der Waals surface area (Å²) in [5.41, 5.74) is 12.0. The smallest absolute Gasteiger partial charge is 0.00211 e. The molecule has 0 fully saturated rings. The van der Waals surface area contributed by atoms with Crippen molar-refractivity contribution in [3.63, 3.8) is 0 Å². The number of aryl methyl sites for hydroxylation is 1. The van der Waals surface area contributed by atoms with Gasteiger partial charge >= 0.3 is 0 Å². The van der Waals surface area contributed by atoms with Crippen molar-refractivity contribution < 1.29 is 0 Å². The maximum Gasteiger partial charge on any atom is 0.00211 e. The first-order valence-corrected chi connectivity index (χ1v) is 29.1. The molecule has 0 bridgehead atoms. The van der Waals surface area contributed by atoms with Crippen LogP contribution in [0.5, 0.6) is 0 Å². The van der Waals surface area contributed by atoms with Crippen molar-refractivity contribution in [2.75, 3.05) is 33.3 Å². The Hall–Kier alpha value is -4.13. The van der Waals surface area contributed by atoms with Gasteiger partial charge < -0.3 is 0 Å². The molecule has 0 N–H and O–H groups in total. The van der Waals surface area contributed by atoms with Gasteiger partial charge in [0.1, 0.15) is 0 Å². The van der Waals surface area contributed by atoms with Crippen molar-refractivity contribution >= 4 is 73.9 Å². The fourth-order valence-electron chi connectivity index (χ4n) is 8.72. The Balaban J connectivity index is 0.000000132. The summed E-state index contributed by atoms with van der Waals surface area (Å²) in [6, 6.07) is 62.3. The Kier molecular flexibility index (Phi) is 14.2. The van der Waals surface area contributed by atoms with Crippen LogP contribution in [0.15, 0.2) is 170 Å². The molecule has 59 heavy (non-hydrogen) atoms. The molecule has 0 radical (unpaired) electrons. The summed E-state index contributed by atoms with van der Waals surface area (Å²) in [4.78, 5) is 0. The van der Waals surface area contributed by atoms with E-state index in [1.54, 1.807) is 0 Å². The fourth-order valence-corrected chi connectivity index (χ4v) is 14.3. The molecule has 0 aliphatic carbocycles. The second-order valence-corrected chi connectivity index (χ2v) is 25.7. The highest BCUT2D eigenvalue weighted by Gasteiger charge is 2.22. The average molecular weight is 843 g/mol. The van der Waals surface area contributed by atoms with Crippen molar-refractivity contribution in [1.29, 1.82) is 0 Å². The third-order valence-electron chi connectivity index (χ3n) is 11.2. The third kappa shape index (κ3) is 9.45. The minimum atomic E-state index is -0.0967. The van der Waals surface area contributed by atoms with Crippen molar-refractivity contribution in [2.45, 2.75) is 32.1 Å². The van der Waals surface area contributed by atoms with E-state index in [1.807, 2.05) is 0 Å². The number of hydrogen-bond donors (Lipinski definition) is 0. The Labute approximate surface area is 358 Å². The van der Waals surface area contributed by atoms with Crippen LogP contribution >= 0.6 is 31.3 Å². The molecule has 8 aromatic carbocycles. The van der Waals surface area contributed by atoms with E-state index in [2.05, 4.69) is 210 Å². The van der Waals surface area contributed by atoms with Crippen molar-refractivity contribution in [3.05, 3.63) is 192 Å². The van der Waals surface area contributed by atoms with E-state index in [1.165, 1.54) is 112 Å². The lowest BCUT2D eigenvalue weighted by atomic mass is 9.88. The van der Waals surface area contributed by atoms with E-state index < -0.39 is 0 Å². The number of hydrogen-bond acceptors (Lipinski definition) is 0. The number of fused-ring (bicyclic) bond motifs is 13. The molecule has 0 saturated heterocycles. The number of rotatable bonds is 0. The van der Waals surface area contributed by atoms with Crippen LogP contribution in [-0.4, -0.2) is 33.3 Å². The van der Waals surface area contributed by atoms with Gasteiger partial charge in [-0.3, -0.25) is 0 Å². The molecule has 11 rings (SSSR count). The molecule has 0 unspecified atom stereocenters. The molecule has 1 aromatic heterocycles. The van der Waals surface area contributed by atoms with Gasteiger partial charge in [-0.25, -0.2) is 0 Å². The van der Waals surface area contributed by atoms with Gasteiger partial charge in [-0.1, -0.05) is 177 Å². The first-order chi connectivity index (χ1) is 28.3. The van der Waals surface area contributed by atoms with Crippen LogP contribution in [0.2, 0.25) is 0 Å². The molecule has 3 heterocycles. The lowest BCUT2D eigenvalue weighted by Crippen LogP contribution is -1.92. The Bertz CT molecular complexity index is 2660. The zero-order valence-electron chi connectivity index (χ0n) is 34.8. The maximum absolute atomic E-state index is 2.44. The van der Waals surface area contributed by atoms with Gasteiger partial charge in [-0.05, 0) is 141 Å². The monoisotopic (exact) mass is 842 g/mol. The van der Waals surface area contributed by atoms with Crippen molar-refractivity contribution in [3.8, 4) is 22.3 Å². The standard InChI is InChI=1S/C23H19P.C15H15P.C13H11P.C3H9P.CH4/c1-24-14-18-12-10-16-6-2-4-8-20(16)22(18)23-19(15-24)13-11-17-7-3-5-9-21(17)23;1-16-10-12-6-2-4-8-14(12)15-9-5-3-7-13(15)11-16;1-14-12-8-4-2-6-10(12)11-7-3-5-9-13(11)14;1-4(2)3;/h2-13H,14-15H2,1H3;2-9H,10-11H2,1H3;2-9H,1H3;1-3H3;1H4. The molecule has 0 nitrogen and oxygen atoms in total. The van der Waals surface area contributed by atoms with Crippen molar-refractivity contribution in [1.82, 2.24) is 0 Å². The van der Waals surface area contributed by atoms with E-state index in [4.69, 9.17) is 0 Å². The summed E-state index contributed by atoms with van der Waals surface area (Å²) in [5, 5.41) is 11.4. The fraction of sp³-hybridized carbons (Fsp3) is 0.200. The van der Waals surface area contributed by atoms with Gasteiger partial charge in [0, 0.05) is 10.2 Å². The van der Waals surface area contributed by atoms with E-state index in [0.29, 0.717) is 7.92 Å². The van der Waals surface area contributed by atoms with Gasteiger partial charge in [0.25, 0.3) is 0 Å². The molecule has 9 aromatic rings. The van der Waals surface area contributed by atoms with E-state index in [9.17, 15) is 0 Å². The molecule has 2 aliphatic rings. The highest BCUT2D eigenvalue weighted by atomic mass is 31.1. The largest absolute Gasteiger partial charge is 0.116 e. The van der Waals surface area contributed by atoms with Crippen LogP contribution in [0.4, 0.5) is 0 Å². The van der Waals surface area contributed by atoms with Gasteiger partial charge in [0.05, 0.1) is 0 Å². The normalized spacial score (nSPS) is 13.2. The summed E-state index contributed by atoms with van der Waals surface area (Å²) in [6.07, 6.45) is 4.97. The van der Waals surface area contributed by atoms with Crippen LogP contribution in [0, 0.1) is 0 Å². The molecular weight excluding hydrogens is 785 g/mol. The van der Waals surface area contributed by atoms with Gasteiger partial charge in [-0.15, -0.1) is 31.3 Å². The van der Waals surface area contributed by atoms with Crippen LogP contribution < -0.4 is 0 Å². The second-order valence-electron chi connectivity index (χ2n) is 16.2. The summed E-state index contributed by atoms with van der Waals surface area (Å²) in [7, 11) is 0.389. The Morgan fingerprint density at radius 2 is 0.678 bits per heavy atom. The Morgan fingerprint density at radius 3 is 1.10 bits per heavy atom. The van der Waals surface area contributed by atoms with Crippen LogP contribution in [0.25, 0.3) is 64.8 Å². The van der Waals surface area contributed by atoms with E-state index in [-0.39, 0.29) is 30.8 Å². The highest BCUT2D eigenvalue weighted by molar-refractivity contribution is 7.59. The summed E-state index contributed by atoms with van der Waals surface area (Å²) < 4.78 is 0. The molecule has 0 saturated carbocycles. The molecule has 4 heteroatoms. The zero-order chi connectivity index (χ0) is 40.2. The van der Waals surface area contributed by atoms with Crippen LogP contribution in [0.3, 0.4) is 0 Å². The van der Waals surface area contributed by atoms with Crippen molar-refractivity contribution in [2.24, 2.45) is 6.66 Å². The molecule has 0 amide bonds. The maximum atomic E-state index is 2.44. The third-order valence-corrected chi connectivity index (χ3v) is 16.9. The quantitative estimate of drug-likeness (QED) is 0.133. The molecule has 0 atom stereocenters. The Morgan fingerprint density at radius 1 is 0.356 bits per heavy atom. The topological polar surface area (TPSA) is 0 Å². The van der Waals surface area contributed by atoms with Gasteiger partial charge in [-0.2, -0.15) is 0 Å². The first-order valence-electron chi connectivity index (χ1n) is 20.3. The molecular formula is C55H58P4. The van der Waals surface area contributed by atoms with E-state index in [0.717, 1.165) is 0 Å². The lowest BCUT2D eigenvalue weighted by Gasteiger charge is -2.15. The second kappa shape index (κ2) is 19.5. The average Bonchev–Trinajstić information content (AvgIpc) is 3.33. The SMILES string of the molecule is C.CP(C)C.CP1Cc2ccc3ccccc3c2-c2c(ccc3ccccc23)C1.CP1Cc2ccccc2-c2ccccc2C1.Cp1c2ccccc2c2ccccc21. The molecule has 2 aliphatic heterocycles. The lowest BCUT2D eigenvalue weighted by molar-refractivity contribution is 1.38. The molecule has 298 valence electrons. The summed E-state index contributed by atoms with van der Waals surface area (Å²) in [5.74, 6) is 0. The number of benzene rings is 8. The zero-order valence-corrected chi connectivity index (χ0v) is 38.4. The predicted molar refractivity (Wildman–Crippen MR) is 276 cm³/mol. The van der Waals surface area contributed by atoms with Gasteiger partial charge in [0.15, 0.2) is 0 Å². The predicted octanol–water partition coefficient (Wildman–Crippen LogP) is 17.8. The van der Waals surface area contributed by atoms with Gasteiger partial charge in [0.2, 0.25) is 0 Å². The minimum absolute atomic E-state index is 0. The van der Waals surface area contributed by atoms with Crippen LogP contribution in [0.1, 0.15) is 29.7 Å². The van der Waals surface area contributed by atoms with E-state index >= 15 is 0 Å². The summed E-state index contributed by atoms with van der Waals surface area (Å²) >= 11 is 0.